The summed E-state index contributed by atoms with van der Waals surface area (Å²) in [6.07, 6.45) is 4.15. The quantitative estimate of drug-likeness (QED) is 0.800. The first-order valence-electron chi connectivity index (χ1n) is 6.86. The van der Waals surface area contributed by atoms with Crippen LogP contribution in [-0.4, -0.2) is 35.2 Å². The van der Waals surface area contributed by atoms with Crippen molar-refractivity contribution in [2.75, 3.05) is 13.2 Å². The lowest BCUT2D eigenvalue weighted by molar-refractivity contribution is 0.0713. The molecule has 0 spiro atoms. The zero-order chi connectivity index (χ0) is 12.8. The minimum Gasteiger partial charge on any atom is -0.396 e. The number of aliphatic hydroxyl groups is 1. The highest BCUT2D eigenvalue weighted by Gasteiger charge is 2.33. The second-order valence-corrected chi connectivity index (χ2v) is 5.63. The van der Waals surface area contributed by atoms with Crippen molar-refractivity contribution in [3.05, 3.63) is 0 Å². The van der Waals surface area contributed by atoms with E-state index in [2.05, 4.69) is 31.7 Å². The molecule has 3 unspecified atom stereocenters. The van der Waals surface area contributed by atoms with Gasteiger partial charge in [-0.15, -0.1) is 0 Å². The zero-order valence-electron chi connectivity index (χ0n) is 11.4. The lowest BCUT2D eigenvalue weighted by atomic mass is 9.78. The maximum atomic E-state index is 9.28. The number of aliphatic hydroxyl groups excluding tert-OH is 1. The Balaban J connectivity index is 2.71. The third-order valence-corrected chi connectivity index (χ3v) is 3.91. The fraction of sp³-hybridized carbons (Fsp3) is 0.929. The van der Waals surface area contributed by atoms with Gasteiger partial charge in [0.05, 0.1) is 12.0 Å². The van der Waals surface area contributed by atoms with Crippen LogP contribution in [0.4, 0.5) is 0 Å². The maximum absolute atomic E-state index is 9.28. The van der Waals surface area contributed by atoms with Gasteiger partial charge < -0.3 is 5.11 Å². The van der Waals surface area contributed by atoms with Gasteiger partial charge in [0.15, 0.2) is 0 Å². The molecule has 0 heterocycles. The number of hydrogen-bond acceptors (Lipinski definition) is 3. The van der Waals surface area contributed by atoms with E-state index in [4.69, 9.17) is 5.11 Å². The standard InChI is InChI=1S/C14H26N2O/c1-11(2)16(7-4-8-17)14-9-12(3)5-6-13(14)10-15/h11-14,17H,4-9H2,1-3H3. The monoisotopic (exact) mass is 238 g/mol. The van der Waals surface area contributed by atoms with Crippen LogP contribution in [0.5, 0.6) is 0 Å². The van der Waals surface area contributed by atoms with Crippen LogP contribution < -0.4 is 0 Å². The van der Waals surface area contributed by atoms with Crippen molar-refractivity contribution in [2.24, 2.45) is 11.8 Å². The van der Waals surface area contributed by atoms with Crippen LogP contribution in [0.1, 0.15) is 46.5 Å². The third-order valence-electron chi connectivity index (χ3n) is 3.91. The Bertz CT molecular complexity index is 259. The van der Waals surface area contributed by atoms with E-state index in [1.165, 1.54) is 6.42 Å². The highest BCUT2D eigenvalue weighted by Crippen LogP contribution is 2.32. The molecule has 1 rings (SSSR count). The van der Waals surface area contributed by atoms with Crippen molar-refractivity contribution >= 4 is 0 Å². The van der Waals surface area contributed by atoms with Crippen molar-refractivity contribution in [2.45, 2.75) is 58.5 Å². The van der Waals surface area contributed by atoms with E-state index in [1.807, 2.05) is 0 Å². The van der Waals surface area contributed by atoms with Gasteiger partial charge in [-0.3, -0.25) is 4.90 Å². The summed E-state index contributed by atoms with van der Waals surface area (Å²) in [7, 11) is 0. The third kappa shape index (κ3) is 3.97. The molecule has 1 saturated carbocycles. The van der Waals surface area contributed by atoms with E-state index < -0.39 is 0 Å². The van der Waals surface area contributed by atoms with Crippen molar-refractivity contribution in [3.63, 3.8) is 0 Å². The summed E-state index contributed by atoms with van der Waals surface area (Å²) in [5, 5.41) is 18.3. The normalized spacial score (nSPS) is 29.6. The van der Waals surface area contributed by atoms with Crippen molar-refractivity contribution in [1.29, 1.82) is 5.26 Å². The van der Waals surface area contributed by atoms with Gasteiger partial charge in [0.25, 0.3) is 0 Å². The van der Waals surface area contributed by atoms with Gasteiger partial charge in [0.2, 0.25) is 0 Å². The molecule has 98 valence electrons. The zero-order valence-corrected chi connectivity index (χ0v) is 11.4. The van der Waals surface area contributed by atoms with Crippen LogP contribution in [-0.2, 0) is 0 Å². The highest BCUT2D eigenvalue weighted by molar-refractivity contribution is 4.97. The molecule has 0 radical (unpaired) electrons. The predicted octanol–water partition coefficient (Wildman–Crippen LogP) is 2.41. The lowest BCUT2D eigenvalue weighted by Crippen LogP contribution is -2.47. The van der Waals surface area contributed by atoms with E-state index in [0.29, 0.717) is 12.1 Å². The summed E-state index contributed by atoms with van der Waals surface area (Å²) in [5.41, 5.74) is 0. The Morgan fingerprint density at radius 3 is 2.65 bits per heavy atom. The Morgan fingerprint density at radius 1 is 1.41 bits per heavy atom. The Morgan fingerprint density at radius 2 is 2.12 bits per heavy atom. The largest absolute Gasteiger partial charge is 0.396 e. The van der Waals surface area contributed by atoms with Crippen LogP contribution in [0.2, 0.25) is 0 Å². The summed E-state index contributed by atoms with van der Waals surface area (Å²) >= 11 is 0. The fourth-order valence-electron chi connectivity index (χ4n) is 2.93. The molecule has 0 aromatic carbocycles. The van der Waals surface area contributed by atoms with Crippen LogP contribution in [0.3, 0.4) is 0 Å². The predicted molar refractivity (Wildman–Crippen MR) is 69.5 cm³/mol. The summed E-state index contributed by atoms with van der Waals surface area (Å²) in [5.74, 6) is 0.896. The van der Waals surface area contributed by atoms with Crippen molar-refractivity contribution < 1.29 is 5.11 Å². The molecule has 0 aromatic heterocycles. The van der Waals surface area contributed by atoms with Crippen LogP contribution in [0.25, 0.3) is 0 Å². The number of hydrogen-bond donors (Lipinski definition) is 1. The molecule has 1 N–H and O–H groups in total. The van der Waals surface area contributed by atoms with Crippen molar-refractivity contribution in [3.8, 4) is 6.07 Å². The van der Waals surface area contributed by atoms with Gasteiger partial charge in [-0.05, 0) is 45.4 Å². The van der Waals surface area contributed by atoms with Crippen LogP contribution in [0.15, 0.2) is 0 Å². The molecular formula is C14H26N2O. The summed E-state index contributed by atoms with van der Waals surface area (Å²) in [4.78, 5) is 2.42. The number of nitriles is 1. The smallest absolute Gasteiger partial charge is 0.0672 e. The van der Waals surface area contributed by atoms with E-state index in [-0.39, 0.29) is 12.5 Å². The average molecular weight is 238 g/mol. The number of rotatable bonds is 5. The first-order chi connectivity index (χ1) is 8.10. The summed E-state index contributed by atoms with van der Waals surface area (Å²) < 4.78 is 0. The van der Waals surface area contributed by atoms with E-state index in [9.17, 15) is 5.26 Å². The Kier molecular flexibility index (Phi) is 5.94. The molecule has 0 amide bonds. The van der Waals surface area contributed by atoms with Crippen LogP contribution in [0, 0.1) is 23.2 Å². The fourth-order valence-corrected chi connectivity index (χ4v) is 2.93. The van der Waals surface area contributed by atoms with Gasteiger partial charge in [-0.2, -0.15) is 5.26 Å². The van der Waals surface area contributed by atoms with Gasteiger partial charge in [0.1, 0.15) is 0 Å². The molecule has 0 aromatic rings. The Labute approximate surface area is 105 Å². The van der Waals surface area contributed by atoms with E-state index in [1.54, 1.807) is 0 Å². The highest BCUT2D eigenvalue weighted by atomic mass is 16.3. The molecule has 0 bridgehead atoms. The molecule has 3 nitrogen and oxygen atoms in total. The molecule has 1 fully saturated rings. The minimum atomic E-state index is 0.173. The molecular weight excluding hydrogens is 212 g/mol. The molecule has 3 atom stereocenters. The molecule has 3 heteroatoms. The topological polar surface area (TPSA) is 47.3 Å². The van der Waals surface area contributed by atoms with Gasteiger partial charge in [-0.25, -0.2) is 0 Å². The first-order valence-corrected chi connectivity index (χ1v) is 6.86. The number of nitrogens with zero attached hydrogens (tertiary/aromatic N) is 2. The molecule has 0 saturated heterocycles. The van der Waals surface area contributed by atoms with Gasteiger partial charge >= 0.3 is 0 Å². The second-order valence-electron chi connectivity index (χ2n) is 5.63. The van der Waals surface area contributed by atoms with Gasteiger partial charge in [-0.1, -0.05) is 6.92 Å². The van der Waals surface area contributed by atoms with E-state index in [0.717, 1.165) is 31.7 Å². The molecule has 17 heavy (non-hydrogen) atoms. The summed E-state index contributed by atoms with van der Waals surface area (Å²) in [6.45, 7) is 7.80. The van der Waals surface area contributed by atoms with Gasteiger partial charge in [0, 0.05) is 25.2 Å². The summed E-state index contributed by atoms with van der Waals surface area (Å²) in [6, 6.07) is 3.32. The molecule has 0 aliphatic heterocycles. The molecule has 1 aliphatic carbocycles. The second kappa shape index (κ2) is 6.98. The minimum absolute atomic E-state index is 0.173. The average Bonchev–Trinajstić information content (AvgIpc) is 2.29. The Hall–Kier alpha value is -0.590. The molecule has 1 aliphatic rings. The first kappa shape index (κ1) is 14.5. The van der Waals surface area contributed by atoms with Crippen molar-refractivity contribution in [1.82, 2.24) is 4.90 Å². The SMILES string of the molecule is CC1CCC(C#N)C(N(CCCO)C(C)C)C1. The maximum Gasteiger partial charge on any atom is 0.0672 e. The lowest BCUT2D eigenvalue weighted by Gasteiger charge is -2.41. The van der Waals surface area contributed by atoms with Crippen LogP contribution >= 0.6 is 0 Å². The van der Waals surface area contributed by atoms with E-state index >= 15 is 0 Å².